The van der Waals surface area contributed by atoms with Gasteiger partial charge in [0.1, 0.15) is 5.52 Å². The number of fused-ring (bicyclic) bond motifs is 3. The third-order valence-corrected chi connectivity index (χ3v) is 3.21. The van der Waals surface area contributed by atoms with E-state index in [1.165, 1.54) is 5.56 Å². The molecule has 0 saturated heterocycles. The van der Waals surface area contributed by atoms with Crippen molar-refractivity contribution in [2.24, 2.45) is 0 Å². The monoisotopic (exact) mass is 252 g/mol. The number of rotatable bonds is 1. The largest absolute Gasteiger partial charge is 0.397 e. The van der Waals surface area contributed by atoms with Gasteiger partial charge in [0.2, 0.25) is 0 Å². The lowest BCUT2D eigenvalue weighted by atomic mass is 10.1. The molecule has 96 valence electrons. The van der Waals surface area contributed by atoms with E-state index < -0.39 is 0 Å². The minimum atomic E-state index is 0.672. The molecule has 4 nitrogen and oxygen atoms in total. The first-order valence-corrected chi connectivity index (χ1v) is 6.19. The summed E-state index contributed by atoms with van der Waals surface area (Å²) >= 11 is 0. The van der Waals surface area contributed by atoms with Gasteiger partial charge in [0, 0.05) is 24.9 Å². The van der Waals surface area contributed by atoms with Crippen molar-refractivity contribution >= 4 is 33.3 Å². The Morgan fingerprint density at radius 2 is 1.89 bits per heavy atom. The van der Waals surface area contributed by atoms with E-state index in [9.17, 15) is 0 Å². The van der Waals surface area contributed by atoms with Crippen LogP contribution in [0.15, 0.2) is 30.5 Å². The Kier molecular flexibility index (Phi) is 2.52. The quantitative estimate of drug-likeness (QED) is 0.677. The van der Waals surface area contributed by atoms with Gasteiger partial charge in [0.15, 0.2) is 5.82 Å². The van der Waals surface area contributed by atoms with Crippen LogP contribution in [-0.4, -0.2) is 24.1 Å². The van der Waals surface area contributed by atoms with E-state index in [0.717, 1.165) is 27.6 Å². The summed E-state index contributed by atoms with van der Waals surface area (Å²) in [5, 5.41) is 2.14. The number of hydrogen-bond acceptors (Lipinski definition) is 4. The van der Waals surface area contributed by atoms with Crippen molar-refractivity contribution in [3.8, 4) is 0 Å². The lowest BCUT2D eigenvalue weighted by Crippen LogP contribution is -2.12. The van der Waals surface area contributed by atoms with E-state index in [1.807, 2.05) is 25.1 Å². The smallest absolute Gasteiger partial charge is 0.155 e. The van der Waals surface area contributed by atoms with Gasteiger partial charge in [-0.2, -0.15) is 0 Å². The molecule has 0 radical (unpaired) electrons. The zero-order valence-corrected chi connectivity index (χ0v) is 11.3. The Morgan fingerprint density at radius 1 is 1.11 bits per heavy atom. The lowest BCUT2D eigenvalue weighted by molar-refractivity contribution is 1.09. The predicted octanol–water partition coefficient (Wildman–Crippen LogP) is 2.74. The molecule has 0 amide bonds. The Balaban J connectivity index is 2.53. The highest BCUT2D eigenvalue weighted by atomic mass is 15.1. The number of nitrogens with zero attached hydrogens (tertiary/aromatic N) is 3. The van der Waals surface area contributed by atoms with Crippen molar-refractivity contribution in [3.63, 3.8) is 0 Å². The molecule has 1 aromatic carbocycles. The van der Waals surface area contributed by atoms with Crippen LogP contribution in [0.3, 0.4) is 0 Å². The van der Waals surface area contributed by atoms with Gasteiger partial charge in [-0.1, -0.05) is 12.1 Å². The second-order valence-corrected chi connectivity index (χ2v) is 5.02. The number of anilines is 2. The van der Waals surface area contributed by atoms with E-state index in [-0.39, 0.29) is 0 Å². The van der Waals surface area contributed by atoms with Crippen molar-refractivity contribution in [2.45, 2.75) is 6.92 Å². The fraction of sp³-hybridized carbons (Fsp3) is 0.200. The topological polar surface area (TPSA) is 55.0 Å². The molecule has 0 unspecified atom stereocenters. The molecular formula is C15H16N4. The molecule has 4 heteroatoms. The van der Waals surface area contributed by atoms with Crippen LogP contribution in [0.4, 0.5) is 11.5 Å². The van der Waals surface area contributed by atoms with Crippen molar-refractivity contribution in [1.29, 1.82) is 0 Å². The minimum Gasteiger partial charge on any atom is -0.397 e. The van der Waals surface area contributed by atoms with Gasteiger partial charge in [-0.25, -0.2) is 4.98 Å². The number of nitrogens with two attached hydrogens (primary N) is 1. The van der Waals surface area contributed by atoms with Gasteiger partial charge in [-0.15, -0.1) is 0 Å². The normalized spacial score (nSPS) is 11.1. The molecule has 2 aromatic heterocycles. The average molecular weight is 252 g/mol. The highest BCUT2D eigenvalue weighted by Gasteiger charge is 2.11. The van der Waals surface area contributed by atoms with Gasteiger partial charge < -0.3 is 10.6 Å². The first-order valence-electron chi connectivity index (χ1n) is 6.19. The molecule has 2 N–H and O–H groups in total. The molecule has 2 heterocycles. The SMILES string of the molecule is Cc1ccc2c(c1)nc(N(C)C)c1ncc(N)cc12. The van der Waals surface area contributed by atoms with Crippen LogP contribution in [-0.2, 0) is 0 Å². The third kappa shape index (κ3) is 1.85. The summed E-state index contributed by atoms with van der Waals surface area (Å²) in [6.07, 6.45) is 1.68. The van der Waals surface area contributed by atoms with Crippen LogP contribution in [0.2, 0.25) is 0 Å². The van der Waals surface area contributed by atoms with E-state index >= 15 is 0 Å². The Morgan fingerprint density at radius 3 is 2.63 bits per heavy atom. The first kappa shape index (κ1) is 11.7. The van der Waals surface area contributed by atoms with Crippen molar-refractivity contribution in [1.82, 2.24) is 9.97 Å². The molecule has 0 saturated carbocycles. The number of pyridine rings is 2. The summed E-state index contributed by atoms with van der Waals surface area (Å²) in [5.41, 5.74) is 9.60. The molecule has 0 aliphatic rings. The summed E-state index contributed by atoms with van der Waals surface area (Å²) in [4.78, 5) is 11.1. The summed E-state index contributed by atoms with van der Waals surface area (Å²) in [7, 11) is 3.95. The molecule has 0 aliphatic heterocycles. The van der Waals surface area contributed by atoms with Gasteiger partial charge in [-0.05, 0) is 24.6 Å². The lowest BCUT2D eigenvalue weighted by Gasteiger charge is -2.15. The molecular weight excluding hydrogens is 236 g/mol. The predicted molar refractivity (Wildman–Crippen MR) is 80.5 cm³/mol. The number of hydrogen-bond donors (Lipinski definition) is 1. The van der Waals surface area contributed by atoms with Crippen LogP contribution in [0.25, 0.3) is 21.8 Å². The zero-order valence-electron chi connectivity index (χ0n) is 11.3. The highest BCUT2D eigenvalue weighted by Crippen LogP contribution is 2.30. The number of benzene rings is 1. The van der Waals surface area contributed by atoms with Gasteiger partial charge in [0.25, 0.3) is 0 Å². The van der Waals surface area contributed by atoms with Crippen molar-refractivity contribution in [2.75, 3.05) is 24.7 Å². The minimum absolute atomic E-state index is 0.672. The molecule has 0 bridgehead atoms. The van der Waals surface area contributed by atoms with Crippen LogP contribution in [0.5, 0.6) is 0 Å². The number of aryl methyl sites for hydroxylation is 1. The van der Waals surface area contributed by atoms with Gasteiger partial charge in [0.05, 0.1) is 17.4 Å². The van der Waals surface area contributed by atoms with E-state index in [2.05, 4.69) is 30.1 Å². The molecule has 0 aliphatic carbocycles. The third-order valence-electron chi connectivity index (χ3n) is 3.21. The van der Waals surface area contributed by atoms with Crippen molar-refractivity contribution < 1.29 is 0 Å². The molecule has 0 atom stereocenters. The van der Waals surface area contributed by atoms with Crippen LogP contribution in [0, 0.1) is 6.92 Å². The Bertz CT molecular complexity index is 778. The van der Waals surface area contributed by atoms with Crippen LogP contribution in [0.1, 0.15) is 5.56 Å². The fourth-order valence-corrected chi connectivity index (χ4v) is 2.31. The Labute approximate surface area is 111 Å². The van der Waals surface area contributed by atoms with Gasteiger partial charge >= 0.3 is 0 Å². The summed E-state index contributed by atoms with van der Waals surface area (Å²) in [6.45, 7) is 2.07. The second-order valence-electron chi connectivity index (χ2n) is 5.02. The molecule has 3 rings (SSSR count). The van der Waals surface area contributed by atoms with E-state index in [0.29, 0.717) is 5.69 Å². The molecule has 19 heavy (non-hydrogen) atoms. The zero-order chi connectivity index (χ0) is 13.6. The van der Waals surface area contributed by atoms with Crippen molar-refractivity contribution in [3.05, 3.63) is 36.0 Å². The van der Waals surface area contributed by atoms with E-state index in [4.69, 9.17) is 10.7 Å². The fourth-order valence-electron chi connectivity index (χ4n) is 2.31. The number of aromatic nitrogens is 2. The summed E-state index contributed by atoms with van der Waals surface area (Å²) in [6, 6.07) is 8.22. The maximum atomic E-state index is 5.87. The maximum absolute atomic E-state index is 5.87. The summed E-state index contributed by atoms with van der Waals surface area (Å²) < 4.78 is 0. The molecule has 0 fully saturated rings. The van der Waals surface area contributed by atoms with Gasteiger partial charge in [-0.3, -0.25) is 4.98 Å². The van der Waals surface area contributed by atoms with E-state index in [1.54, 1.807) is 6.20 Å². The Hall–Kier alpha value is -2.36. The maximum Gasteiger partial charge on any atom is 0.155 e. The number of nitrogen functional groups attached to an aromatic ring is 1. The first-order chi connectivity index (χ1) is 9.06. The molecule has 3 aromatic rings. The standard InChI is InChI=1S/C15H16N4/c1-9-4-5-11-12-7-10(16)8-17-14(12)15(19(2)3)18-13(11)6-9/h4-8H,16H2,1-3H3. The molecule has 0 spiro atoms. The highest BCUT2D eigenvalue weighted by molar-refractivity contribution is 6.09. The van der Waals surface area contributed by atoms with Crippen LogP contribution >= 0.6 is 0 Å². The summed E-state index contributed by atoms with van der Waals surface area (Å²) in [5.74, 6) is 0.869. The van der Waals surface area contributed by atoms with Crippen LogP contribution < -0.4 is 10.6 Å². The average Bonchev–Trinajstić information content (AvgIpc) is 2.36. The second kappa shape index (κ2) is 4.09.